The molecule has 1 fully saturated rings. The van der Waals surface area contributed by atoms with Crippen molar-refractivity contribution in [3.63, 3.8) is 0 Å². The number of nitrogens with one attached hydrogen (secondary N) is 1. The average molecular weight is 347 g/mol. The van der Waals surface area contributed by atoms with Gasteiger partial charge in [0, 0.05) is 32.5 Å². The summed E-state index contributed by atoms with van der Waals surface area (Å²) in [6, 6.07) is 8.21. The molecule has 7 heteroatoms. The highest BCUT2D eigenvalue weighted by molar-refractivity contribution is 5.87. The molecule has 2 unspecified atom stereocenters. The molecule has 1 N–H and O–H groups in total. The van der Waals surface area contributed by atoms with Crippen LogP contribution in [0.25, 0.3) is 11.0 Å². The summed E-state index contributed by atoms with van der Waals surface area (Å²) in [5.41, 5.74) is 1.44. The van der Waals surface area contributed by atoms with E-state index in [9.17, 15) is 0 Å². The smallest absolute Gasteiger partial charge is 0.142 e. The maximum atomic E-state index is 8.96. The van der Waals surface area contributed by atoms with E-state index in [4.69, 9.17) is 5.26 Å². The lowest BCUT2D eigenvalue weighted by Crippen LogP contribution is -2.51. The molecule has 0 bridgehead atoms. The van der Waals surface area contributed by atoms with Crippen LogP contribution in [0.2, 0.25) is 0 Å². The highest BCUT2D eigenvalue weighted by Gasteiger charge is 2.31. The molecule has 1 aliphatic heterocycles. The first-order valence-corrected chi connectivity index (χ1v) is 8.79. The van der Waals surface area contributed by atoms with E-state index in [1.165, 1.54) is 0 Å². The molecule has 3 aromatic heterocycles. The van der Waals surface area contributed by atoms with Crippen molar-refractivity contribution in [2.45, 2.75) is 19.4 Å². The van der Waals surface area contributed by atoms with Crippen molar-refractivity contribution in [3.8, 4) is 6.07 Å². The van der Waals surface area contributed by atoms with Crippen LogP contribution in [0.4, 0.5) is 11.6 Å². The standard InChI is InChI=1S/C19H21N7/c1-13-6-8-26(17-4-3-14(9-20)10-22-17)11-16(13)25(2)19-15-5-7-21-18(15)23-12-24-19/h3-5,7,10,12-13,16H,6,8,11H2,1-2H3,(H,21,23,24). The predicted molar refractivity (Wildman–Crippen MR) is 101 cm³/mol. The summed E-state index contributed by atoms with van der Waals surface area (Å²) in [5, 5.41) is 10.00. The number of aromatic amines is 1. The van der Waals surface area contributed by atoms with E-state index in [0.717, 1.165) is 42.2 Å². The fourth-order valence-electron chi connectivity index (χ4n) is 3.70. The van der Waals surface area contributed by atoms with Gasteiger partial charge in [-0.2, -0.15) is 5.26 Å². The third-order valence-corrected chi connectivity index (χ3v) is 5.28. The second kappa shape index (κ2) is 6.64. The molecule has 132 valence electrons. The monoisotopic (exact) mass is 347 g/mol. The Balaban J connectivity index is 1.60. The molecule has 0 saturated carbocycles. The van der Waals surface area contributed by atoms with Crippen LogP contribution in [-0.4, -0.2) is 46.1 Å². The van der Waals surface area contributed by atoms with Crippen molar-refractivity contribution >= 4 is 22.7 Å². The Kier molecular flexibility index (Phi) is 4.17. The maximum absolute atomic E-state index is 8.96. The molecule has 0 aliphatic carbocycles. The van der Waals surface area contributed by atoms with E-state index in [-0.39, 0.29) is 0 Å². The van der Waals surface area contributed by atoms with Gasteiger partial charge < -0.3 is 14.8 Å². The second-order valence-electron chi connectivity index (χ2n) is 6.84. The summed E-state index contributed by atoms with van der Waals surface area (Å²) in [7, 11) is 2.10. The molecule has 1 saturated heterocycles. The van der Waals surface area contributed by atoms with Crippen LogP contribution < -0.4 is 9.80 Å². The van der Waals surface area contributed by atoms with Gasteiger partial charge in [-0.15, -0.1) is 0 Å². The maximum Gasteiger partial charge on any atom is 0.142 e. The van der Waals surface area contributed by atoms with E-state index in [2.05, 4.69) is 49.8 Å². The Morgan fingerprint density at radius 1 is 1.27 bits per heavy atom. The van der Waals surface area contributed by atoms with Gasteiger partial charge in [0.05, 0.1) is 17.0 Å². The summed E-state index contributed by atoms with van der Waals surface area (Å²) in [5.74, 6) is 2.41. The van der Waals surface area contributed by atoms with E-state index in [1.54, 1.807) is 12.5 Å². The molecule has 0 aromatic carbocycles. The van der Waals surface area contributed by atoms with Gasteiger partial charge in [-0.25, -0.2) is 15.0 Å². The summed E-state index contributed by atoms with van der Waals surface area (Å²) in [6.45, 7) is 4.13. The van der Waals surface area contributed by atoms with Crippen LogP contribution in [0.15, 0.2) is 36.9 Å². The number of rotatable bonds is 3. The number of piperidine rings is 1. The van der Waals surface area contributed by atoms with Crippen LogP contribution in [0, 0.1) is 17.2 Å². The van der Waals surface area contributed by atoms with Crippen LogP contribution in [-0.2, 0) is 0 Å². The number of fused-ring (bicyclic) bond motifs is 1. The number of nitrogens with zero attached hydrogens (tertiary/aromatic N) is 6. The van der Waals surface area contributed by atoms with Gasteiger partial charge in [0.1, 0.15) is 29.7 Å². The Morgan fingerprint density at radius 3 is 2.92 bits per heavy atom. The van der Waals surface area contributed by atoms with Crippen LogP contribution in [0.1, 0.15) is 18.9 Å². The molecule has 0 spiro atoms. The Hall–Kier alpha value is -3.14. The number of likely N-dealkylation sites (N-methyl/N-ethyl adjacent to an activating group) is 1. The minimum absolute atomic E-state index is 0.314. The normalized spacial score (nSPS) is 20.1. The fraction of sp³-hybridized carbons (Fsp3) is 0.368. The first-order chi connectivity index (χ1) is 12.7. The number of aromatic nitrogens is 4. The van der Waals surface area contributed by atoms with Gasteiger partial charge >= 0.3 is 0 Å². The molecule has 7 nitrogen and oxygen atoms in total. The highest BCUT2D eigenvalue weighted by Crippen LogP contribution is 2.30. The molecule has 0 amide bonds. The first kappa shape index (κ1) is 16.3. The zero-order valence-corrected chi connectivity index (χ0v) is 14.9. The van der Waals surface area contributed by atoms with Gasteiger partial charge in [0.25, 0.3) is 0 Å². The predicted octanol–water partition coefficient (Wildman–Crippen LogP) is 2.58. The summed E-state index contributed by atoms with van der Waals surface area (Å²) in [6.07, 6.45) is 6.23. The molecule has 3 aromatic rings. The minimum atomic E-state index is 0.314. The number of nitriles is 1. The summed E-state index contributed by atoms with van der Waals surface area (Å²) in [4.78, 5) is 21.0. The molecule has 1 aliphatic rings. The van der Waals surface area contributed by atoms with Crippen LogP contribution in [0.3, 0.4) is 0 Å². The molecule has 2 atom stereocenters. The Bertz CT molecular complexity index is 940. The molecule has 4 heterocycles. The minimum Gasteiger partial charge on any atom is -0.355 e. The number of hydrogen-bond acceptors (Lipinski definition) is 6. The highest BCUT2D eigenvalue weighted by atomic mass is 15.3. The molecular formula is C19H21N7. The van der Waals surface area contributed by atoms with Crippen LogP contribution >= 0.6 is 0 Å². The number of pyridine rings is 1. The number of hydrogen-bond donors (Lipinski definition) is 1. The summed E-state index contributed by atoms with van der Waals surface area (Å²) >= 11 is 0. The van der Waals surface area contributed by atoms with E-state index in [0.29, 0.717) is 17.5 Å². The second-order valence-corrected chi connectivity index (χ2v) is 6.84. The number of H-pyrrole nitrogens is 1. The van der Waals surface area contributed by atoms with Crippen molar-refractivity contribution in [2.75, 3.05) is 29.9 Å². The third kappa shape index (κ3) is 2.84. The Morgan fingerprint density at radius 2 is 2.15 bits per heavy atom. The van der Waals surface area contributed by atoms with Crippen molar-refractivity contribution in [3.05, 3.63) is 42.5 Å². The van der Waals surface area contributed by atoms with Crippen molar-refractivity contribution in [1.82, 2.24) is 19.9 Å². The van der Waals surface area contributed by atoms with Gasteiger partial charge in [0.15, 0.2) is 0 Å². The lowest BCUT2D eigenvalue weighted by Gasteiger charge is -2.42. The van der Waals surface area contributed by atoms with Crippen molar-refractivity contribution in [1.29, 1.82) is 5.26 Å². The van der Waals surface area contributed by atoms with Crippen LogP contribution in [0.5, 0.6) is 0 Å². The van der Waals surface area contributed by atoms with Gasteiger partial charge in [-0.05, 0) is 30.5 Å². The lowest BCUT2D eigenvalue weighted by molar-refractivity contribution is 0.366. The SMILES string of the molecule is CC1CCN(c2ccc(C#N)cn2)CC1N(C)c1ncnc2[nH]ccc12. The van der Waals surface area contributed by atoms with E-state index < -0.39 is 0 Å². The topological polar surface area (TPSA) is 84.7 Å². The summed E-state index contributed by atoms with van der Waals surface area (Å²) < 4.78 is 0. The van der Waals surface area contributed by atoms with Crippen molar-refractivity contribution in [2.24, 2.45) is 5.92 Å². The zero-order chi connectivity index (χ0) is 18.1. The zero-order valence-electron chi connectivity index (χ0n) is 14.9. The first-order valence-electron chi connectivity index (χ1n) is 8.79. The van der Waals surface area contributed by atoms with Gasteiger partial charge in [0.2, 0.25) is 0 Å². The van der Waals surface area contributed by atoms with E-state index >= 15 is 0 Å². The van der Waals surface area contributed by atoms with Crippen molar-refractivity contribution < 1.29 is 0 Å². The Labute approximate surface area is 152 Å². The molecule has 26 heavy (non-hydrogen) atoms. The van der Waals surface area contributed by atoms with E-state index in [1.807, 2.05) is 24.4 Å². The quantitative estimate of drug-likeness (QED) is 0.784. The lowest BCUT2D eigenvalue weighted by atomic mass is 9.92. The fourth-order valence-corrected chi connectivity index (χ4v) is 3.70. The molecular weight excluding hydrogens is 326 g/mol. The number of anilines is 2. The average Bonchev–Trinajstić information content (AvgIpc) is 3.17. The molecule has 4 rings (SSSR count). The third-order valence-electron chi connectivity index (χ3n) is 5.28. The van der Waals surface area contributed by atoms with Gasteiger partial charge in [-0.3, -0.25) is 0 Å². The molecule has 0 radical (unpaired) electrons. The largest absolute Gasteiger partial charge is 0.355 e. The van der Waals surface area contributed by atoms with Gasteiger partial charge in [-0.1, -0.05) is 6.92 Å².